The summed E-state index contributed by atoms with van der Waals surface area (Å²) in [6.07, 6.45) is 2.37. The zero-order valence-corrected chi connectivity index (χ0v) is 13.5. The Bertz CT molecular complexity index is 261. The van der Waals surface area contributed by atoms with Gasteiger partial charge in [-0.25, -0.2) is 0 Å². The van der Waals surface area contributed by atoms with Crippen LogP contribution < -0.4 is 32.7 Å². The number of hydrogen-bond acceptors (Lipinski definition) is 6. The number of rotatable bonds is 15. The van der Waals surface area contributed by atoms with Crippen molar-refractivity contribution in [3.05, 3.63) is 0 Å². The lowest BCUT2D eigenvalue weighted by Gasteiger charge is -2.07. The summed E-state index contributed by atoms with van der Waals surface area (Å²) in [4.78, 5) is 23.0. The molecule has 0 aliphatic heterocycles. The lowest BCUT2D eigenvalue weighted by atomic mass is 10.2. The molecular weight excluding hydrogens is 284 g/mol. The number of carbonyl (C=O) groups is 2. The smallest absolute Gasteiger partial charge is 0.220 e. The molecule has 0 heterocycles. The Morgan fingerprint density at radius 1 is 0.636 bits per heavy atom. The van der Waals surface area contributed by atoms with Crippen molar-refractivity contribution in [1.29, 1.82) is 0 Å². The maximum absolute atomic E-state index is 11.5. The summed E-state index contributed by atoms with van der Waals surface area (Å²) >= 11 is 0. The lowest BCUT2D eigenvalue weighted by molar-refractivity contribution is -0.123. The van der Waals surface area contributed by atoms with Crippen molar-refractivity contribution in [2.75, 3.05) is 52.4 Å². The van der Waals surface area contributed by atoms with E-state index >= 15 is 0 Å². The average Bonchev–Trinajstić information content (AvgIpc) is 2.51. The zero-order chi connectivity index (χ0) is 16.5. The lowest BCUT2D eigenvalue weighted by Crippen LogP contribution is -2.34. The Kier molecular flexibility index (Phi) is 15.3. The van der Waals surface area contributed by atoms with Gasteiger partial charge in [0.15, 0.2) is 0 Å². The molecule has 0 bridgehead atoms. The molecule has 0 radical (unpaired) electrons. The number of unbranched alkanes of at least 4 members (excludes halogenated alkanes) is 1. The van der Waals surface area contributed by atoms with Crippen LogP contribution in [0.15, 0.2) is 0 Å². The van der Waals surface area contributed by atoms with Crippen LogP contribution in [-0.4, -0.2) is 64.2 Å². The van der Waals surface area contributed by atoms with Gasteiger partial charge >= 0.3 is 0 Å². The van der Waals surface area contributed by atoms with Crippen molar-refractivity contribution in [2.24, 2.45) is 11.5 Å². The first kappa shape index (κ1) is 20.8. The average molecular weight is 316 g/mol. The van der Waals surface area contributed by atoms with E-state index in [1.165, 1.54) is 0 Å². The van der Waals surface area contributed by atoms with Gasteiger partial charge in [-0.3, -0.25) is 9.59 Å². The quantitative estimate of drug-likeness (QED) is 0.191. The molecule has 0 unspecified atom stereocenters. The Morgan fingerprint density at radius 2 is 1.05 bits per heavy atom. The number of carbonyl (C=O) groups excluding carboxylic acids is 2. The van der Waals surface area contributed by atoms with Crippen LogP contribution >= 0.6 is 0 Å². The summed E-state index contributed by atoms with van der Waals surface area (Å²) in [5.41, 5.74) is 10.7. The fourth-order valence-corrected chi connectivity index (χ4v) is 1.78. The predicted octanol–water partition coefficient (Wildman–Crippen LogP) is -2.12. The van der Waals surface area contributed by atoms with E-state index in [-0.39, 0.29) is 11.8 Å². The Hall–Kier alpha value is -1.22. The highest BCUT2D eigenvalue weighted by Crippen LogP contribution is 1.99. The van der Waals surface area contributed by atoms with Crippen LogP contribution in [0, 0.1) is 0 Å². The van der Waals surface area contributed by atoms with Gasteiger partial charge in [-0.05, 0) is 12.8 Å². The van der Waals surface area contributed by atoms with Gasteiger partial charge in [0.2, 0.25) is 11.8 Å². The minimum absolute atomic E-state index is 0.0286. The van der Waals surface area contributed by atoms with Crippen molar-refractivity contribution >= 4 is 11.8 Å². The van der Waals surface area contributed by atoms with E-state index in [0.29, 0.717) is 39.0 Å². The molecular formula is C14H32N6O2. The fraction of sp³-hybridized carbons (Fsp3) is 0.857. The number of nitrogens with one attached hydrogen (secondary N) is 4. The number of amides is 2. The van der Waals surface area contributed by atoms with Crippen LogP contribution in [0.5, 0.6) is 0 Å². The van der Waals surface area contributed by atoms with Crippen molar-refractivity contribution in [2.45, 2.75) is 25.7 Å². The molecule has 0 saturated carbocycles. The van der Waals surface area contributed by atoms with E-state index in [0.717, 1.165) is 39.0 Å². The summed E-state index contributed by atoms with van der Waals surface area (Å²) in [5.74, 6) is 0.0573. The monoisotopic (exact) mass is 316 g/mol. The van der Waals surface area contributed by atoms with E-state index in [1.807, 2.05) is 0 Å². The van der Waals surface area contributed by atoms with E-state index in [9.17, 15) is 9.59 Å². The molecule has 2 amide bonds. The van der Waals surface area contributed by atoms with Crippen LogP contribution in [0.3, 0.4) is 0 Å². The molecule has 0 fully saturated rings. The normalized spacial score (nSPS) is 10.5. The fourth-order valence-electron chi connectivity index (χ4n) is 1.78. The van der Waals surface area contributed by atoms with Gasteiger partial charge in [-0.1, -0.05) is 0 Å². The molecule has 0 spiro atoms. The minimum atomic E-state index is 0.0286. The predicted molar refractivity (Wildman–Crippen MR) is 88.3 cm³/mol. The third-order valence-electron chi connectivity index (χ3n) is 2.95. The molecule has 0 aromatic rings. The topological polar surface area (TPSA) is 134 Å². The summed E-state index contributed by atoms with van der Waals surface area (Å²) in [6.45, 7) is 5.37. The molecule has 8 nitrogen and oxygen atoms in total. The second kappa shape index (κ2) is 16.2. The highest BCUT2D eigenvalue weighted by molar-refractivity contribution is 5.77. The van der Waals surface area contributed by atoms with Crippen LogP contribution in [0.25, 0.3) is 0 Å². The van der Waals surface area contributed by atoms with E-state index in [4.69, 9.17) is 11.5 Å². The summed E-state index contributed by atoms with van der Waals surface area (Å²) in [5, 5.41) is 11.8. The number of hydrogen-bond donors (Lipinski definition) is 6. The Labute approximate surface area is 133 Å². The molecule has 8 heteroatoms. The van der Waals surface area contributed by atoms with Crippen LogP contribution in [-0.2, 0) is 9.59 Å². The SMILES string of the molecule is NCCNCCNC(=O)CCCCC(=O)NCCNCCN. The molecule has 8 N–H and O–H groups in total. The van der Waals surface area contributed by atoms with Gasteiger partial charge in [0.1, 0.15) is 0 Å². The molecule has 0 saturated heterocycles. The van der Waals surface area contributed by atoms with Crippen LogP contribution in [0.1, 0.15) is 25.7 Å². The maximum atomic E-state index is 11.5. The second-order valence-corrected chi connectivity index (χ2v) is 4.98. The highest BCUT2D eigenvalue weighted by atomic mass is 16.2. The first-order valence-corrected chi connectivity index (χ1v) is 8.05. The van der Waals surface area contributed by atoms with Crippen molar-refractivity contribution < 1.29 is 9.59 Å². The van der Waals surface area contributed by atoms with E-state index < -0.39 is 0 Å². The molecule has 22 heavy (non-hydrogen) atoms. The van der Waals surface area contributed by atoms with E-state index in [1.54, 1.807) is 0 Å². The van der Waals surface area contributed by atoms with Crippen molar-refractivity contribution in [1.82, 2.24) is 21.3 Å². The minimum Gasteiger partial charge on any atom is -0.355 e. The van der Waals surface area contributed by atoms with Crippen LogP contribution in [0.2, 0.25) is 0 Å². The molecule has 0 aliphatic carbocycles. The molecule has 130 valence electrons. The number of nitrogens with two attached hydrogens (primary N) is 2. The second-order valence-electron chi connectivity index (χ2n) is 4.98. The van der Waals surface area contributed by atoms with E-state index in [2.05, 4.69) is 21.3 Å². The van der Waals surface area contributed by atoms with Gasteiger partial charge in [-0.2, -0.15) is 0 Å². The maximum Gasteiger partial charge on any atom is 0.220 e. The third kappa shape index (κ3) is 15.2. The summed E-state index contributed by atoms with van der Waals surface area (Å²) in [7, 11) is 0. The van der Waals surface area contributed by atoms with Gasteiger partial charge in [0, 0.05) is 65.2 Å². The standard InChI is InChI=1S/C14H32N6O2/c15-5-7-17-9-11-19-13(21)3-1-2-4-14(22)20-12-10-18-8-6-16/h17-18H,1-12,15-16H2,(H,19,21)(H,20,22). The zero-order valence-electron chi connectivity index (χ0n) is 13.5. The van der Waals surface area contributed by atoms with Crippen molar-refractivity contribution in [3.63, 3.8) is 0 Å². The van der Waals surface area contributed by atoms with Gasteiger partial charge in [-0.15, -0.1) is 0 Å². The molecule has 0 aliphatic rings. The largest absolute Gasteiger partial charge is 0.355 e. The highest BCUT2D eigenvalue weighted by Gasteiger charge is 2.03. The molecule has 0 aromatic carbocycles. The van der Waals surface area contributed by atoms with Gasteiger partial charge in [0.05, 0.1) is 0 Å². The summed E-state index contributed by atoms with van der Waals surface area (Å²) in [6, 6.07) is 0. The van der Waals surface area contributed by atoms with Crippen molar-refractivity contribution in [3.8, 4) is 0 Å². The van der Waals surface area contributed by atoms with Gasteiger partial charge < -0.3 is 32.7 Å². The Morgan fingerprint density at radius 3 is 1.41 bits per heavy atom. The summed E-state index contributed by atoms with van der Waals surface area (Å²) < 4.78 is 0. The van der Waals surface area contributed by atoms with Crippen LogP contribution in [0.4, 0.5) is 0 Å². The molecule has 0 atom stereocenters. The Balaban J connectivity index is 3.32. The third-order valence-corrected chi connectivity index (χ3v) is 2.95. The first-order valence-electron chi connectivity index (χ1n) is 8.05. The first-order chi connectivity index (χ1) is 10.7. The van der Waals surface area contributed by atoms with Gasteiger partial charge in [0.25, 0.3) is 0 Å². The molecule has 0 aromatic heterocycles. The molecule has 0 rings (SSSR count).